The fourth-order valence-electron chi connectivity index (χ4n) is 0.676. The van der Waals surface area contributed by atoms with Crippen LogP contribution in [0.5, 0.6) is 0 Å². The molecule has 0 saturated carbocycles. The van der Waals surface area contributed by atoms with Crippen LogP contribution in [0.2, 0.25) is 0 Å². The van der Waals surface area contributed by atoms with Crippen LogP contribution in [0.15, 0.2) is 12.3 Å². The second-order valence-electron chi connectivity index (χ2n) is 2.18. The molecule has 0 N–H and O–H groups in total. The highest BCUT2D eigenvalue weighted by molar-refractivity contribution is 4.77. The summed E-state index contributed by atoms with van der Waals surface area (Å²) in [6, 6.07) is 2.34. The molecule has 1 aromatic rings. The van der Waals surface area contributed by atoms with Crippen LogP contribution in [-0.2, 0) is 0 Å². The van der Waals surface area contributed by atoms with Gasteiger partial charge >= 0.3 is 0 Å². The van der Waals surface area contributed by atoms with E-state index in [9.17, 15) is 0 Å². The van der Waals surface area contributed by atoms with Crippen molar-refractivity contribution in [3.05, 3.63) is 18.5 Å². The molecule has 0 aromatic carbocycles. The van der Waals surface area contributed by atoms with Gasteiger partial charge in [-0.05, 0) is 19.4 Å². The zero-order valence-electron chi connectivity index (χ0n) is 5.83. The maximum Gasteiger partial charge on any atom is 0.113 e. The molecule has 1 unspecified atom stereocenters. The molecule has 0 aliphatic rings. The molecule has 0 saturated heterocycles. The SMILES string of the molecule is CCC(C)n1cc[c]n1. The third kappa shape index (κ3) is 1.31. The van der Waals surface area contributed by atoms with E-state index in [1.165, 1.54) is 0 Å². The fraction of sp³-hybridized carbons (Fsp3) is 0.571. The van der Waals surface area contributed by atoms with Gasteiger partial charge < -0.3 is 0 Å². The molecule has 49 valence electrons. The second-order valence-corrected chi connectivity index (χ2v) is 2.18. The first-order chi connectivity index (χ1) is 4.34. The van der Waals surface area contributed by atoms with Gasteiger partial charge in [-0.25, -0.2) is 0 Å². The Morgan fingerprint density at radius 3 is 3.00 bits per heavy atom. The lowest BCUT2D eigenvalue weighted by atomic mass is 10.3. The Bertz CT molecular complexity index is 155. The van der Waals surface area contributed by atoms with Gasteiger partial charge in [-0.15, -0.1) is 0 Å². The van der Waals surface area contributed by atoms with Crippen molar-refractivity contribution in [3.8, 4) is 0 Å². The van der Waals surface area contributed by atoms with Gasteiger partial charge in [0.1, 0.15) is 6.20 Å². The lowest BCUT2D eigenvalue weighted by molar-refractivity contribution is 0.477. The Balaban J connectivity index is 2.65. The quantitative estimate of drug-likeness (QED) is 0.584. The van der Waals surface area contributed by atoms with Crippen molar-refractivity contribution in [2.75, 3.05) is 0 Å². The zero-order chi connectivity index (χ0) is 6.69. The first kappa shape index (κ1) is 6.33. The predicted octanol–water partition coefficient (Wildman–Crippen LogP) is 1.65. The molecule has 0 bridgehead atoms. The van der Waals surface area contributed by atoms with E-state index in [1.807, 2.05) is 16.9 Å². The maximum atomic E-state index is 3.98. The summed E-state index contributed by atoms with van der Waals surface area (Å²) in [5.74, 6) is 0. The highest BCUT2D eigenvalue weighted by Gasteiger charge is 1.97. The summed E-state index contributed by atoms with van der Waals surface area (Å²) >= 11 is 0. The summed E-state index contributed by atoms with van der Waals surface area (Å²) in [5.41, 5.74) is 0. The van der Waals surface area contributed by atoms with E-state index in [4.69, 9.17) is 0 Å². The molecule has 2 heteroatoms. The van der Waals surface area contributed by atoms with Gasteiger partial charge in [-0.1, -0.05) is 6.92 Å². The third-order valence-electron chi connectivity index (χ3n) is 1.52. The van der Waals surface area contributed by atoms with Crippen LogP contribution >= 0.6 is 0 Å². The standard InChI is InChI=1S/C7H11N2/c1-3-7(2)9-6-4-5-8-9/h4,6-7H,3H2,1-2H3. The summed E-state index contributed by atoms with van der Waals surface area (Å²) in [4.78, 5) is 0. The number of hydrogen-bond acceptors (Lipinski definition) is 1. The number of aromatic nitrogens is 2. The third-order valence-corrected chi connectivity index (χ3v) is 1.52. The Morgan fingerprint density at radius 1 is 1.78 bits per heavy atom. The average Bonchev–Trinajstić information content (AvgIpc) is 2.37. The smallest absolute Gasteiger partial charge is 0.113 e. The fourth-order valence-corrected chi connectivity index (χ4v) is 0.676. The molecular formula is C7H11N2. The van der Waals surface area contributed by atoms with Crippen molar-refractivity contribution in [3.63, 3.8) is 0 Å². The molecule has 1 aromatic heterocycles. The van der Waals surface area contributed by atoms with Crippen molar-refractivity contribution in [1.82, 2.24) is 9.78 Å². The first-order valence-electron chi connectivity index (χ1n) is 3.25. The van der Waals surface area contributed by atoms with Crippen LogP contribution in [0.3, 0.4) is 0 Å². The van der Waals surface area contributed by atoms with Gasteiger partial charge in [0.15, 0.2) is 0 Å². The van der Waals surface area contributed by atoms with Crippen LogP contribution in [0.1, 0.15) is 26.3 Å². The van der Waals surface area contributed by atoms with Crippen LogP contribution in [0.25, 0.3) is 0 Å². The molecule has 2 nitrogen and oxygen atoms in total. The molecule has 1 rings (SSSR count). The van der Waals surface area contributed by atoms with Gasteiger partial charge in [0.2, 0.25) is 0 Å². The lowest BCUT2D eigenvalue weighted by Crippen LogP contribution is -2.03. The number of nitrogens with zero attached hydrogens (tertiary/aromatic N) is 2. The Labute approximate surface area is 55.5 Å². The molecule has 9 heavy (non-hydrogen) atoms. The van der Waals surface area contributed by atoms with E-state index in [0.29, 0.717) is 6.04 Å². The minimum atomic E-state index is 0.510. The summed E-state index contributed by atoms with van der Waals surface area (Å²) in [7, 11) is 0. The average molecular weight is 123 g/mol. The molecular weight excluding hydrogens is 112 g/mol. The number of rotatable bonds is 2. The van der Waals surface area contributed by atoms with Crippen LogP contribution in [0.4, 0.5) is 0 Å². The molecule has 0 spiro atoms. The van der Waals surface area contributed by atoms with Crippen molar-refractivity contribution in [2.45, 2.75) is 26.3 Å². The van der Waals surface area contributed by atoms with E-state index < -0.39 is 0 Å². The van der Waals surface area contributed by atoms with Crippen molar-refractivity contribution in [1.29, 1.82) is 0 Å². The van der Waals surface area contributed by atoms with Crippen molar-refractivity contribution >= 4 is 0 Å². The van der Waals surface area contributed by atoms with Crippen molar-refractivity contribution < 1.29 is 0 Å². The summed E-state index contributed by atoms with van der Waals surface area (Å²) in [5, 5.41) is 3.98. The minimum Gasteiger partial charge on any atom is -0.269 e. The second kappa shape index (κ2) is 2.67. The molecule has 0 fully saturated rings. The Kier molecular flexibility index (Phi) is 1.88. The van der Waals surface area contributed by atoms with E-state index >= 15 is 0 Å². The Morgan fingerprint density at radius 2 is 2.56 bits per heavy atom. The van der Waals surface area contributed by atoms with E-state index in [-0.39, 0.29) is 0 Å². The summed E-state index contributed by atoms with van der Waals surface area (Å²) in [6.45, 7) is 4.28. The predicted molar refractivity (Wildman–Crippen MR) is 36.1 cm³/mol. The van der Waals surface area contributed by atoms with Crippen molar-refractivity contribution in [2.24, 2.45) is 0 Å². The van der Waals surface area contributed by atoms with Gasteiger partial charge in [0.05, 0.1) is 0 Å². The van der Waals surface area contributed by atoms with E-state index in [2.05, 4.69) is 25.1 Å². The maximum absolute atomic E-state index is 3.98. The highest BCUT2D eigenvalue weighted by atomic mass is 15.3. The molecule has 1 heterocycles. The van der Waals surface area contributed by atoms with Gasteiger partial charge in [-0.3, -0.25) is 4.68 Å². The minimum absolute atomic E-state index is 0.510. The largest absolute Gasteiger partial charge is 0.269 e. The van der Waals surface area contributed by atoms with Gasteiger partial charge in [0, 0.05) is 12.2 Å². The molecule has 0 amide bonds. The molecule has 0 aliphatic carbocycles. The molecule has 1 atom stereocenters. The Hall–Kier alpha value is -0.790. The van der Waals surface area contributed by atoms with E-state index in [1.54, 1.807) is 0 Å². The van der Waals surface area contributed by atoms with Gasteiger partial charge in [-0.2, -0.15) is 5.10 Å². The normalized spacial score (nSPS) is 13.6. The lowest BCUT2D eigenvalue weighted by Gasteiger charge is -2.06. The molecule has 0 aliphatic heterocycles. The van der Waals surface area contributed by atoms with Crippen LogP contribution < -0.4 is 0 Å². The van der Waals surface area contributed by atoms with Crippen LogP contribution in [0, 0.1) is 6.20 Å². The van der Waals surface area contributed by atoms with Crippen LogP contribution in [-0.4, -0.2) is 9.78 Å². The first-order valence-corrected chi connectivity index (χ1v) is 3.25. The van der Waals surface area contributed by atoms with E-state index in [0.717, 1.165) is 6.42 Å². The number of hydrogen-bond donors (Lipinski definition) is 0. The monoisotopic (exact) mass is 123 g/mol. The summed E-state index contributed by atoms with van der Waals surface area (Å²) < 4.78 is 1.92. The summed E-state index contributed by atoms with van der Waals surface area (Å²) in [6.07, 6.45) is 5.82. The molecule has 1 radical (unpaired) electrons. The zero-order valence-corrected chi connectivity index (χ0v) is 5.83. The highest BCUT2D eigenvalue weighted by Crippen LogP contribution is 2.05. The van der Waals surface area contributed by atoms with Gasteiger partial charge in [0.25, 0.3) is 0 Å². The topological polar surface area (TPSA) is 17.8 Å².